The van der Waals surface area contributed by atoms with Crippen LogP contribution in [0.4, 0.5) is 0 Å². The normalized spacial score (nSPS) is 13.3. The zero-order valence-corrected chi connectivity index (χ0v) is 17.1. The Hall–Kier alpha value is -2.72. The summed E-state index contributed by atoms with van der Waals surface area (Å²) in [6.45, 7) is 0. The van der Waals surface area contributed by atoms with Gasteiger partial charge in [0, 0.05) is 49.5 Å². The highest BCUT2D eigenvalue weighted by atomic mass is 16.4. The molecule has 0 fully saturated rings. The molecule has 0 aliphatic heterocycles. The van der Waals surface area contributed by atoms with Crippen molar-refractivity contribution in [2.75, 3.05) is 0 Å². The maximum Gasteiger partial charge on any atom is 0.320 e. The Morgan fingerprint density at radius 2 is 1.13 bits per heavy atom. The fraction of sp³-hybridized carbons (Fsp3) is 0.600. The summed E-state index contributed by atoms with van der Waals surface area (Å²) in [7, 11) is 0. The van der Waals surface area contributed by atoms with E-state index in [0.29, 0.717) is 0 Å². The molecular formula is C20H32N6O4. The molecule has 0 aliphatic carbocycles. The SMILES string of the molecule is NC(Cc1cnc(CCCCCCCCc2ncc(CC(N)C(=O)O)[nH]2)[nH]1)C(=O)O. The van der Waals surface area contributed by atoms with E-state index >= 15 is 0 Å². The van der Waals surface area contributed by atoms with Crippen LogP contribution in [-0.4, -0.2) is 54.2 Å². The lowest BCUT2D eigenvalue weighted by Crippen LogP contribution is -2.32. The number of carboxylic acids is 2. The van der Waals surface area contributed by atoms with Gasteiger partial charge in [-0.05, 0) is 12.8 Å². The van der Waals surface area contributed by atoms with Gasteiger partial charge < -0.3 is 31.6 Å². The number of aromatic amines is 2. The Morgan fingerprint density at radius 1 is 0.767 bits per heavy atom. The molecule has 2 unspecified atom stereocenters. The number of aliphatic carboxylic acids is 2. The van der Waals surface area contributed by atoms with Gasteiger partial charge in [0.15, 0.2) is 0 Å². The number of H-pyrrole nitrogens is 2. The van der Waals surface area contributed by atoms with Crippen LogP contribution in [0.1, 0.15) is 61.6 Å². The van der Waals surface area contributed by atoms with Crippen LogP contribution in [0.2, 0.25) is 0 Å². The highest BCUT2D eigenvalue weighted by molar-refractivity contribution is 5.73. The van der Waals surface area contributed by atoms with Gasteiger partial charge in [0.05, 0.1) is 0 Å². The largest absolute Gasteiger partial charge is 0.480 e. The molecule has 2 aromatic rings. The van der Waals surface area contributed by atoms with Crippen molar-refractivity contribution in [1.82, 2.24) is 19.9 Å². The van der Waals surface area contributed by atoms with Crippen LogP contribution in [0.15, 0.2) is 12.4 Å². The van der Waals surface area contributed by atoms with Crippen LogP contribution in [-0.2, 0) is 35.3 Å². The number of rotatable bonds is 15. The number of carboxylic acid groups (broad SMARTS) is 2. The maximum absolute atomic E-state index is 10.8. The van der Waals surface area contributed by atoms with Crippen LogP contribution in [0.25, 0.3) is 0 Å². The second kappa shape index (κ2) is 12.1. The van der Waals surface area contributed by atoms with Gasteiger partial charge in [0.2, 0.25) is 0 Å². The number of imidazole rings is 2. The van der Waals surface area contributed by atoms with E-state index in [9.17, 15) is 9.59 Å². The molecule has 0 saturated heterocycles. The van der Waals surface area contributed by atoms with Crippen molar-refractivity contribution in [1.29, 1.82) is 0 Å². The van der Waals surface area contributed by atoms with Gasteiger partial charge in [-0.1, -0.05) is 25.7 Å². The molecule has 2 aromatic heterocycles. The van der Waals surface area contributed by atoms with E-state index in [0.717, 1.165) is 74.4 Å². The molecule has 0 spiro atoms. The summed E-state index contributed by atoms with van der Waals surface area (Å²) >= 11 is 0. The van der Waals surface area contributed by atoms with Crippen molar-refractivity contribution >= 4 is 11.9 Å². The van der Waals surface area contributed by atoms with E-state index < -0.39 is 24.0 Å². The zero-order chi connectivity index (χ0) is 21.9. The summed E-state index contributed by atoms with van der Waals surface area (Å²) in [6.07, 6.45) is 12.1. The summed E-state index contributed by atoms with van der Waals surface area (Å²) in [5, 5.41) is 17.7. The highest BCUT2D eigenvalue weighted by Crippen LogP contribution is 2.11. The van der Waals surface area contributed by atoms with Crippen molar-refractivity contribution in [3.63, 3.8) is 0 Å². The van der Waals surface area contributed by atoms with Crippen molar-refractivity contribution < 1.29 is 19.8 Å². The predicted molar refractivity (Wildman–Crippen MR) is 111 cm³/mol. The molecule has 2 heterocycles. The molecule has 0 saturated carbocycles. The zero-order valence-electron chi connectivity index (χ0n) is 17.1. The quantitative estimate of drug-likeness (QED) is 0.232. The lowest BCUT2D eigenvalue weighted by molar-refractivity contribution is -0.139. The van der Waals surface area contributed by atoms with E-state index in [2.05, 4.69) is 19.9 Å². The first-order chi connectivity index (χ1) is 14.3. The molecule has 0 bridgehead atoms. The lowest BCUT2D eigenvalue weighted by Gasteiger charge is -2.03. The number of hydrogen-bond donors (Lipinski definition) is 6. The van der Waals surface area contributed by atoms with Crippen molar-refractivity contribution in [2.24, 2.45) is 11.5 Å². The van der Waals surface area contributed by atoms with Crippen LogP contribution in [0.5, 0.6) is 0 Å². The first-order valence-electron chi connectivity index (χ1n) is 10.4. The second-order valence-corrected chi connectivity index (χ2v) is 7.63. The summed E-state index contributed by atoms with van der Waals surface area (Å²) < 4.78 is 0. The third-order valence-electron chi connectivity index (χ3n) is 4.95. The first-order valence-corrected chi connectivity index (χ1v) is 10.4. The van der Waals surface area contributed by atoms with Gasteiger partial charge in [-0.25, -0.2) is 9.97 Å². The lowest BCUT2D eigenvalue weighted by atomic mass is 10.1. The minimum Gasteiger partial charge on any atom is -0.480 e. The van der Waals surface area contributed by atoms with E-state index in [-0.39, 0.29) is 12.8 Å². The fourth-order valence-corrected chi connectivity index (χ4v) is 3.21. The molecule has 10 heteroatoms. The van der Waals surface area contributed by atoms with E-state index in [1.165, 1.54) is 0 Å². The Balaban J connectivity index is 1.52. The van der Waals surface area contributed by atoms with Crippen LogP contribution in [0.3, 0.4) is 0 Å². The van der Waals surface area contributed by atoms with Gasteiger partial charge in [-0.2, -0.15) is 0 Å². The Labute approximate surface area is 175 Å². The topological polar surface area (TPSA) is 184 Å². The highest BCUT2D eigenvalue weighted by Gasteiger charge is 2.14. The fourth-order valence-electron chi connectivity index (χ4n) is 3.21. The summed E-state index contributed by atoms with van der Waals surface area (Å²) in [5.74, 6) is -0.278. The summed E-state index contributed by atoms with van der Waals surface area (Å²) in [5.41, 5.74) is 12.6. The number of aryl methyl sites for hydroxylation is 2. The third-order valence-corrected chi connectivity index (χ3v) is 4.95. The van der Waals surface area contributed by atoms with Crippen LogP contribution in [0, 0.1) is 0 Å². The van der Waals surface area contributed by atoms with Crippen LogP contribution < -0.4 is 11.5 Å². The Morgan fingerprint density at radius 3 is 1.50 bits per heavy atom. The van der Waals surface area contributed by atoms with Crippen LogP contribution >= 0.6 is 0 Å². The molecule has 0 aromatic carbocycles. The van der Waals surface area contributed by atoms with Crippen molar-refractivity contribution in [3.05, 3.63) is 35.4 Å². The van der Waals surface area contributed by atoms with Gasteiger partial charge in [-0.15, -0.1) is 0 Å². The number of nitrogens with two attached hydrogens (primary N) is 2. The van der Waals surface area contributed by atoms with Gasteiger partial charge in [0.25, 0.3) is 0 Å². The molecule has 0 radical (unpaired) electrons. The minimum absolute atomic E-state index is 0.256. The number of unbranched alkanes of at least 4 members (excludes halogenated alkanes) is 5. The average Bonchev–Trinajstić information content (AvgIpc) is 3.33. The minimum atomic E-state index is -1.01. The number of carbonyl (C=O) groups is 2. The Bertz CT molecular complexity index is 737. The molecule has 30 heavy (non-hydrogen) atoms. The monoisotopic (exact) mass is 420 g/mol. The van der Waals surface area contributed by atoms with E-state index in [4.69, 9.17) is 21.7 Å². The molecule has 8 N–H and O–H groups in total. The summed E-state index contributed by atoms with van der Waals surface area (Å²) in [4.78, 5) is 36.4. The molecule has 2 atom stereocenters. The summed E-state index contributed by atoms with van der Waals surface area (Å²) in [6, 6.07) is -1.82. The van der Waals surface area contributed by atoms with E-state index in [1.54, 1.807) is 12.4 Å². The molecular weight excluding hydrogens is 388 g/mol. The van der Waals surface area contributed by atoms with Crippen molar-refractivity contribution in [3.8, 4) is 0 Å². The average molecular weight is 421 g/mol. The maximum atomic E-state index is 10.8. The number of aromatic nitrogens is 4. The molecule has 0 amide bonds. The second-order valence-electron chi connectivity index (χ2n) is 7.63. The van der Waals surface area contributed by atoms with Crippen molar-refractivity contribution in [2.45, 2.75) is 76.3 Å². The molecule has 10 nitrogen and oxygen atoms in total. The Kier molecular flexibility index (Phi) is 9.49. The third kappa shape index (κ3) is 8.34. The standard InChI is InChI=1S/C20H32N6O4/c21-15(19(27)28)9-13-11-23-17(25-13)7-5-3-1-2-4-6-8-18-24-12-14(26-18)10-16(22)20(29)30/h11-12,15-16H,1-10,21-22H2,(H,23,25)(H,24,26)(H,27,28)(H,29,30). The first kappa shape index (κ1) is 23.6. The van der Waals surface area contributed by atoms with Gasteiger partial charge in [0.1, 0.15) is 23.7 Å². The number of nitrogens with zero attached hydrogens (tertiary/aromatic N) is 2. The smallest absolute Gasteiger partial charge is 0.320 e. The van der Waals surface area contributed by atoms with Gasteiger partial charge >= 0.3 is 11.9 Å². The number of hydrogen-bond acceptors (Lipinski definition) is 6. The molecule has 0 aliphatic rings. The predicted octanol–water partition coefficient (Wildman–Crippen LogP) is 1.17. The van der Waals surface area contributed by atoms with Gasteiger partial charge in [-0.3, -0.25) is 9.59 Å². The van der Waals surface area contributed by atoms with E-state index in [1.807, 2.05) is 0 Å². The molecule has 2 rings (SSSR count). The number of nitrogens with one attached hydrogen (secondary N) is 2. The molecule has 166 valence electrons.